The first-order valence-corrected chi connectivity index (χ1v) is 8.16. The minimum Gasteiger partial charge on any atom is -0.320 e. The van der Waals surface area contributed by atoms with E-state index in [0.717, 1.165) is 19.3 Å². The second-order valence-corrected chi connectivity index (χ2v) is 6.87. The van der Waals surface area contributed by atoms with Crippen LogP contribution < -0.4 is 10.5 Å². The molecule has 1 aliphatic rings. The van der Waals surface area contributed by atoms with Crippen LogP contribution in [0.5, 0.6) is 0 Å². The van der Waals surface area contributed by atoms with Crippen LogP contribution in [0.1, 0.15) is 31.7 Å². The topological polar surface area (TPSA) is 85.1 Å². The van der Waals surface area contributed by atoms with Crippen LogP contribution >= 0.6 is 0 Å². The van der Waals surface area contributed by atoms with Crippen LogP contribution in [0.15, 0.2) is 23.4 Å². The molecule has 1 aromatic heterocycles. The van der Waals surface area contributed by atoms with E-state index in [1.54, 1.807) is 0 Å². The normalized spacial score (nSPS) is 22.3. The number of pyridine rings is 1. The first-order valence-electron chi connectivity index (χ1n) is 6.67. The Balaban J connectivity index is 2.16. The molecule has 0 aromatic carbocycles. The van der Waals surface area contributed by atoms with Crippen molar-refractivity contribution < 1.29 is 8.42 Å². The third-order valence-electron chi connectivity index (χ3n) is 3.37. The number of nitrogens with zero attached hydrogens (tertiary/aromatic N) is 1. The Morgan fingerprint density at radius 2 is 2.25 bits per heavy atom. The Hall–Kier alpha value is -1.42. The monoisotopic (exact) mass is 293 g/mol. The lowest BCUT2D eigenvalue weighted by Gasteiger charge is -2.12. The maximum absolute atomic E-state index is 12.3. The van der Waals surface area contributed by atoms with E-state index in [1.165, 1.54) is 18.5 Å². The summed E-state index contributed by atoms with van der Waals surface area (Å²) in [5.74, 6) is 6.04. The third kappa shape index (κ3) is 3.79. The summed E-state index contributed by atoms with van der Waals surface area (Å²) in [6.07, 6.45) is 5.71. The van der Waals surface area contributed by atoms with E-state index in [1.807, 2.05) is 0 Å². The largest absolute Gasteiger partial charge is 0.320 e. The van der Waals surface area contributed by atoms with Gasteiger partial charge in [-0.05, 0) is 31.2 Å². The highest BCUT2D eigenvalue weighted by atomic mass is 32.2. The van der Waals surface area contributed by atoms with Gasteiger partial charge in [0.15, 0.2) is 0 Å². The lowest BCUT2D eigenvalue weighted by Crippen LogP contribution is -2.33. The summed E-state index contributed by atoms with van der Waals surface area (Å²) in [5.41, 5.74) is 5.85. The molecule has 2 unspecified atom stereocenters. The lowest BCUT2D eigenvalue weighted by atomic mass is 10.1. The van der Waals surface area contributed by atoms with E-state index in [0.29, 0.717) is 11.5 Å². The van der Waals surface area contributed by atoms with Crippen LogP contribution in [0.4, 0.5) is 0 Å². The molecule has 0 bridgehead atoms. The molecule has 0 radical (unpaired) electrons. The minimum atomic E-state index is -3.53. The van der Waals surface area contributed by atoms with Crippen LogP contribution in [0.2, 0.25) is 0 Å². The molecule has 1 heterocycles. The predicted octanol–water partition coefficient (Wildman–Crippen LogP) is 0.859. The van der Waals surface area contributed by atoms with Gasteiger partial charge < -0.3 is 5.73 Å². The van der Waals surface area contributed by atoms with Gasteiger partial charge in [0.1, 0.15) is 4.90 Å². The fourth-order valence-electron chi connectivity index (χ4n) is 2.39. The molecule has 5 nitrogen and oxygen atoms in total. The maximum Gasteiger partial charge on any atom is 0.242 e. The molecule has 1 aromatic rings. The molecular weight excluding hydrogens is 274 g/mol. The van der Waals surface area contributed by atoms with Gasteiger partial charge in [0.05, 0.1) is 6.54 Å². The Morgan fingerprint density at radius 3 is 2.90 bits per heavy atom. The zero-order valence-electron chi connectivity index (χ0n) is 11.5. The van der Waals surface area contributed by atoms with Gasteiger partial charge in [-0.25, -0.2) is 13.1 Å². The fourth-order valence-corrected chi connectivity index (χ4v) is 3.66. The Morgan fingerprint density at radius 1 is 1.45 bits per heavy atom. The molecular formula is C14H19N3O2S. The predicted molar refractivity (Wildman–Crippen MR) is 77.3 cm³/mol. The zero-order valence-corrected chi connectivity index (χ0v) is 12.3. The molecule has 108 valence electrons. The number of hydrogen-bond donors (Lipinski definition) is 2. The minimum absolute atomic E-state index is 0.0220. The standard InChI is InChI=1S/C14H19N3O2S/c1-11-4-5-13(7-11)17-20(18,19)14-8-12(3-2-6-15)9-16-10-14/h8-11,13,17H,4-7,15H2,1H3. The molecule has 2 atom stereocenters. The second kappa shape index (κ2) is 6.35. The quantitative estimate of drug-likeness (QED) is 0.809. The van der Waals surface area contributed by atoms with E-state index >= 15 is 0 Å². The van der Waals surface area contributed by atoms with Gasteiger partial charge in [0.2, 0.25) is 10.0 Å². The summed E-state index contributed by atoms with van der Waals surface area (Å²) >= 11 is 0. The highest BCUT2D eigenvalue weighted by Crippen LogP contribution is 2.26. The van der Waals surface area contributed by atoms with Gasteiger partial charge >= 0.3 is 0 Å². The van der Waals surface area contributed by atoms with E-state index in [9.17, 15) is 8.42 Å². The van der Waals surface area contributed by atoms with Crippen molar-refractivity contribution in [1.82, 2.24) is 9.71 Å². The van der Waals surface area contributed by atoms with Gasteiger partial charge in [0.25, 0.3) is 0 Å². The summed E-state index contributed by atoms with van der Waals surface area (Å²) in [7, 11) is -3.53. The van der Waals surface area contributed by atoms with Gasteiger partial charge in [-0.15, -0.1) is 0 Å². The summed E-state index contributed by atoms with van der Waals surface area (Å²) in [5, 5.41) is 0. The molecule has 2 rings (SSSR count). The second-order valence-electron chi connectivity index (χ2n) is 5.15. The molecule has 0 spiro atoms. The summed E-state index contributed by atoms with van der Waals surface area (Å²) in [4.78, 5) is 4.08. The average Bonchev–Trinajstić information content (AvgIpc) is 2.81. The van der Waals surface area contributed by atoms with Crippen LogP contribution in [-0.2, 0) is 10.0 Å². The number of hydrogen-bond acceptors (Lipinski definition) is 4. The van der Waals surface area contributed by atoms with E-state index in [4.69, 9.17) is 5.73 Å². The van der Waals surface area contributed by atoms with Crippen LogP contribution in [0, 0.1) is 17.8 Å². The average molecular weight is 293 g/mol. The number of sulfonamides is 1. The summed E-state index contributed by atoms with van der Waals surface area (Å²) in [6.45, 7) is 2.37. The highest BCUT2D eigenvalue weighted by molar-refractivity contribution is 7.89. The molecule has 3 N–H and O–H groups in total. The van der Waals surface area contributed by atoms with Gasteiger partial charge in [-0.2, -0.15) is 0 Å². The first-order chi connectivity index (χ1) is 9.51. The Kier molecular flexibility index (Phi) is 4.76. The van der Waals surface area contributed by atoms with Gasteiger partial charge in [-0.3, -0.25) is 4.98 Å². The van der Waals surface area contributed by atoms with E-state index < -0.39 is 10.0 Å². The number of nitrogens with one attached hydrogen (secondary N) is 1. The van der Waals surface area contributed by atoms with Crippen molar-refractivity contribution in [3.05, 3.63) is 24.0 Å². The van der Waals surface area contributed by atoms with Crippen LogP contribution in [0.25, 0.3) is 0 Å². The highest BCUT2D eigenvalue weighted by Gasteiger charge is 2.26. The first kappa shape index (κ1) is 15.0. The summed E-state index contributed by atoms with van der Waals surface area (Å²) in [6, 6.07) is 1.55. The SMILES string of the molecule is CC1CCC(NS(=O)(=O)c2cncc(C#CCN)c2)C1. The lowest BCUT2D eigenvalue weighted by molar-refractivity contribution is 0.538. The van der Waals surface area contributed by atoms with E-state index in [2.05, 4.69) is 28.5 Å². The Bertz CT molecular complexity index is 631. The fraction of sp³-hybridized carbons (Fsp3) is 0.500. The van der Waals surface area contributed by atoms with Crippen LogP contribution in [-0.4, -0.2) is 26.0 Å². The van der Waals surface area contributed by atoms with Crippen molar-refractivity contribution in [2.45, 2.75) is 37.1 Å². The maximum atomic E-state index is 12.3. The van der Waals surface area contributed by atoms with Crippen molar-refractivity contribution in [1.29, 1.82) is 0 Å². The zero-order chi connectivity index (χ0) is 14.6. The molecule has 0 aliphatic heterocycles. The van der Waals surface area contributed by atoms with Crippen molar-refractivity contribution in [3.63, 3.8) is 0 Å². The number of aromatic nitrogens is 1. The number of nitrogens with two attached hydrogens (primary N) is 1. The molecule has 0 amide bonds. The molecule has 1 fully saturated rings. The molecule has 1 saturated carbocycles. The Labute approximate surface area is 120 Å². The number of rotatable bonds is 3. The van der Waals surface area contributed by atoms with E-state index in [-0.39, 0.29) is 17.5 Å². The van der Waals surface area contributed by atoms with Crippen molar-refractivity contribution in [2.24, 2.45) is 11.7 Å². The molecule has 1 aliphatic carbocycles. The van der Waals surface area contributed by atoms with Crippen molar-refractivity contribution >= 4 is 10.0 Å². The van der Waals surface area contributed by atoms with Gasteiger partial charge in [-0.1, -0.05) is 18.8 Å². The molecule has 0 saturated heterocycles. The van der Waals surface area contributed by atoms with Crippen molar-refractivity contribution in [3.8, 4) is 11.8 Å². The molecule has 20 heavy (non-hydrogen) atoms. The van der Waals surface area contributed by atoms with Crippen LogP contribution in [0.3, 0.4) is 0 Å². The molecule has 6 heteroatoms. The van der Waals surface area contributed by atoms with Crippen molar-refractivity contribution in [2.75, 3.05) is 6.54 Å². The summed E-state index contributed by atoms with van der Waals surface area (Å²) < 4.78 is 27.3. The smallest absolute Gasteiger partial charge is 0.242 e. The third-order valence-corrected chi connectivity index (χ3v) is 4.86. The van der Waals surface area contributed by atoms with Gasteiger partial charge in [0, 0.05) is 24.0 Å².